The Balaban J connectivity index is 1.78. The maximum atomic E-state index is 12.0. The Labute approximate surface area is 143 Å². The summed E-state index contributed by atoms with van der Waals surface area (Å²) in [5.41, 5.74) is 0.623. The average Bonchev–Trinajstić information content (AvgIpc) is 3.03. The van der Waals surface area contributed by atoms with E-state index in [2.05, 4.69) is 33.6 Å². The molecule has 4 aliphatic heterocycles. The first-order valence-corrected chi connectivity index (χ1v) is 8.84. The summed E-state index contributed by atoms with van der Waals surface area (Å²) in [6.45, 7) is 0. The number of carbonyl (C=O) groups is 1. The van der Waals surface area contributed by atoms with Crippen molar-refractivity contribution in [1.29, 1.82) is 0 Å². The van der Waals surface area contributed by atoms with Crippen molar-refractivity contribution in [2.45, 2.75) is 55.7 Å². The maximum Gasteiger partial charge on any atom is 0.332 e. The first-order chi connectivity index (χ1) is 10.6. The van der Waals surface area contributed by atoms with Crippen molar-refractivity contribution >= 4 is 28.6 Å². The van der Waals surface area contributed by atoms with Crippen molar-refractivity contribution < 1.29 is 19.0 Å². The zero-order chi connectivity index (χ0) is 15.5. The minimum atomic E-state index is -0.460. The van der Waals surface area contributed by atoms with Crippen LogP contribution in [0.3, 0.4) is 0 Å². The second kappa shape index (κ2) is 5.29. The third kappa shape index (κ3) is 1.90. The molecule has 22 heavy (non-hydrogen) atoms. The molecule has 4 atom stereocenters. The van der Waals surface area contributed by atoms with Gasteiger partial charge in [0.05, 0.1) is 12.1 Å². The standard InChI is InChI=1S/C16H20INO4/c1-20-15(21-2)12-3-4-13-16-6-5-9(18(12)13)7-11(17)10(16)8-14(19)22-16/h7-9,12-13,15H,3-6H2,1-2H3/t9-,12?,13?,16-/m0/s1. The number of nitrogens with zero attached hydrogens (tertiary/aromatic N) is 1. The maximum absolute atomic E-state index is 12.0. The molecule has 0 aromatic heterocycles. The lowest BCUT2D eigenvalue weighted by Gasteiger charge is -2.48. The number of esters is 1. The largest absolute Gasteiger partial charge is 0.449 e. The van der Waals surface area contributed by atoms with Gasteiger partial charge in [0.1, 0.15) is 0 Å². The molecule has 0 aromatic carbocycles. The molecule has 1 aliphatic carbocycles. The van der Waals surface area contributed by atoms with Gasteiger partial charge < -0.3 is 14.2 Å². The lowest BCUT2D eigenvalue weighted by atomic mass is 9.79. The molecule has 120 valence electrons. The van der Waals surface area contributed by atoms with Crippen LogP contribution in [-0.2, 0) is 19.0 Å². The van der Waals surface area contributed by atoms with Crippen LogP contribution in [0.2, 0.25) is 0 Å². The van der Waals surface area contributed by atoms with Crippen LogP contribution in [0, 0.1) is 0 Å². The van der Waals surface area contributed by atoms with Gasteiger partial charge in [-0.3, -0.25) is 4.90 Å². The van der Waals surface area contributed by atoms with Crippen LogP contribution in [-0.4, -0.2) is 55.1 Å². The molecule has 2 unspecified atom stereocenters. The Morgan fingerprint density at radius 3 is 2.86 bits per heavy atom. The van der Waals surface area contributed by atoms with E-state index in [-0.39, 0.29) is 24.3 Å². The molecule has 5 rings (SSSR count). The second-order valence-corrected chi connectivity index (χ2v) is 7.60. The number of carbonyl (C=O) groups excluding carboxylic acids is 1. The van der Waals surface area contributed by atoms with Crippen molar-refractivity contribution in [1.82, 2.24) is 4.90 Å². The van der Waals surface area contributed by atoms with Gasteiger partial charge in [0.2, 0.25) is 0 Å². The van der Waals surface area contributed by atoms with E-state index in [9.17, 15) is 4.79 Å². The van der Waals surface area contributed by atoms with Gasteiger partial charge in [-0.05, 0) is 48.3 Å². The number of hydrogen-bond acceptors (Lipinski definition) is 5. The van der Waals surface area contributed by atoms with Gasteiger partial charge in [-0.15, -0.1) is 0 Å². The molecule has 5 nitrogen and oxygen atoms in total. The van der Waals surface area contributed by atoms with Crippen LogP contribution < -0.4 is 0 Å². The zero-order valence-corrected chi connectivity index (χ0v) is 14.9. The molecule has 2 fully saturated rings. The second-order valence-electron chi connectivity index (χ2n) is 6.44. The number of methoxy groups -OCH3 is 2. The summed E-state index contributed by atoms with van der Waals surface area (Å²) in [6.07, 6.45) is 7.67. The van der Waals surface area contributed by atoms with Crippen molar-refractivity contribution in [3.63, 3.8) is 0 Å². The number of ether oxygens (including phenoxy) is 3. The van der Waals surface area contributed by atoms with Crippen LogP contribution >= 0.6 is 22.6 Å². The fourth-order valence-electron chi connectivity index (χ4n) is 4.81. The minimum Gasteiger partial charge on any atom is -0.449 e. The molecule has 5 aliphatic rings. The number of fused-ring (bicyclic) bond motifs is 1. The quantitative estimate of drug-likeness (QED) is 0.400. The average molecular weight is 417 g/mol. The summed E-state index contributed by atoms with van der Waals surface area (Å²) in [5.74, 6) is -0.198. The Kier molecular flexibility index (Phi) is 3.63. The predicted octanol–water partition coefficient (Wildman–Crippen LogP) is 2.16. The van der Waals surface area contributed by atoms with Gasteiger partial charge in [0.25, 0.3) is 0 Å². The van der Waals surface area contributed by atoms with Gasteiger partial charge in [0, 0.05) is 35.5 Å². The Hall–Kier alpha value is -0.440. The van der Waals surface area contributed by atoms with Crippen LogP contribution in [0.5, 0.6) is 0 Å². The third-order valence-electron chi connectivity index (χ3n) is 5.59. The highest BCUT2D eigenvalue weighted by atomic mass is 127. The summed E-state index contributed by atoms with van der Waals surface area (Å²) in [4.78, 5) is 14.5. The van der Waals surface area contributed by atoms with Crippen molar-refractivity contribution in [3.05, 3.63) is 21.3 Å². The molecule has 6 heteroatoms. The molecular formula is C16H20INO4. The zero-order valence-electron chi connectivity index (χ0n) is 12.8. The molecule has 4 heterocycles. The summed E-state index contributed by atoms with van der Waals surface area (Å²) in [5, 5.41) is 0. The number of hydrogen-bond donors (Lipinski definition) is 0. The van der Waals surface area contributed by atoms with Crippen molar-refractivity contribution in [2.75, 3.05) is 14.2 Å². The Morgan fingerprint density at radius 2 is 2.14 bits per heavy atom. The lowest BCUT2D eigenvalue weighted by Crippen LogP contribution is -2.60. The SMILES string of the molecule is COC(OC)C1CCC2N1[C@@H]1C=C(I)C3=CC(=O)O[C@@]32CC1. The first kappa shape index (κ1) is 15.1. The highest BCUT2D eigenvalue weighted by molar-refractivity contribution is 14.1. The molecule has 0 N–H and O–H groups in total. The molecule has 2 bridgehead atoms. The highest BCUT2D eigenvalue weighted by Gasteiger charge is 2.61. The lowest BCUT2D eigenvalue weighted by molar-refractivity contribution is -0.172. The smallest absolute Gasteiger partial charge is 0.332 e. The molecule has 1 spiro atoms. The van der Waals surface area contributed by atoms with E-state index in [1.54, 1.807) is 20.3 Å². The van der Waals surface area contributed by atoms with Gasteiger partial charge in [-0.1, -0.05) is 6.08 Å². The first-order valence-electron chi connectivity index (χ1n) is 7.76. The van der Waals surface area contributed by atoms with Crippen molar-refractivity contribution in [2.24, 2.45) is 0 Å². The van der Waals surface area contributed by atoms with Gasteiger partial charge in [-0.2, -0.15) is 0 Å². The molecule has 0 saturated carbocycles. The van der Waals surface area contributed by atoms with Gasteiger partial charge >= 0.3 is 5.97 Å². The van der Waals surface area contributed by atoms with Gasteiger partial charge in [0.15, 0.2) is 11.9 Å². The third-order valence-corrected chi connectivity index (χ3v) is 6.53. The van der Waals surface area contributed by atoms with E-state index in [0.717, 1.165) is 34.8 Å². The van der Waals surface area contributed by atoms with E-state index in [4.69, 9.17) is 14.2 Å². The van der Waals surface area contributed by atoms with E-state index in [1.807, 2.05) is 0 Å². The summed E-state index contributed by atoms with van der Waals surface area (Å²) < 4.78 is 18.1. The van der Waals surface area contributed by atoms with E-state index in [0.29, 0.717) is 6.04 Å². The highest BCUT2D eigenvalue weighted by Crippen LogP contribution is 2.54. The van der Waals surface area contributed by atoms with E-state index >= 15 is 0 Å². The Morgan fingerprint density at radius 1 is 1.36 bits per heavy atom. The number of rotatable bonds is 3. The Bertz CT molecular complexity index is 570. The molecular weight excluding hydrogens is 397 g/mol. The fraction of sp³-hybridized carbons (Fsp3) is 0.688. The molecule has 0 radical (unpaired) electrons. The minimum absolute atomic E-state index is 0.198. The summed E-state index contributed by atoms with van der Waals surface area (Å²) in [6, 6.07) is 0.805. The van der Waals surface area contributed by atoms with Crippen LogP contribution in [0.4, 0.5) is 0 Å². The van der Waals surface area contributed by atoms with Crippen molar-refractivity contribution in [3.8, 4) is 0 Å². The van der Waals surface area contributed by atoms with E-state index in [1.165, 1.54) is 0 Å². The topological polar surface area (TPSA) is 48.0 Å². The summed E-state index contributed by atoms with van der Waals surface area (Å²) >= 11 is 2.35. The normalized spacial score (nSPS) is 40.2. The molecule has 0 aromatic rings. The van der Waals surface area contributed by atoms with Crippen LogP contribution in [0.1, 0.15) is 25.7 Å². The fourth-order valence-corrected chi connectivity index (χ4v) is 5.84. The predicted molar refractivity (Wildman–Crippen MR) is 88.5 cm³/mol. The van der Waals surface area contributed by atoms with Gasteiger partial charge in [-0.25, -0.2) is 4.79 Å². The number of piperidine rings is 1. The molecule has 2 saturated heterocycles. The molecule has 0 amide bonds. The summed E-state index contributed by atoms with van der Waals surface area (Å²) in [7, 11) is 3.38. The van der Waals surface area contributed by atoms with Crippen LogP contribution in [0.15, 0.2) is 21.3 Å². The monoisotopic (exact) mass is 417 g/mol. The van der Waals surface area contributed by atoms with E-state index < -0.39 is 5.60 Å². The number of halogens is 1. The van der Waals surface area contributed by atoms with Crippen LogP contribution in [0.25, 0.3) is 0 Å².